The molecule has 106 valence electrons. The van der Waals surface area contributed by atoms with Gasteiger partial charge in [0, 0.05) is 32.3 Å². The second-order valence-electron chi connectivity index (χ2n) is 5.73. The van der Waals surface area contributed by atoms with Crippen molar-refractivity contribution >= 4 is 0 Å². The normalized spacial score (nSPS) is 38.8. The molecule has 2 aliphatic rings. The van der Waals surface area contributed by atoms with Crippen LogP contribution in [0.4, 0.5) is 0 Å². The molecule has 1 heterocycles. The summed E-state index contributed by atoms with van der Waals surface area (Å²) in [5, 5.41) is 0. The molecule has 1 aliphatic heterocycles. The SMILES string of the molecule is CCC1CN(C2(CN)CCCC(OC)C2)CCO1. The van der Waals surface area contributed by atoms with Crippen molar-refractivity contribution in [3.8, 4) is 0 Å². The van der Waals surface area contributed by atoms with Gasteiger partial charge in [-0.1, -0.05) is 6.92 Å². The van der Waals surface area contributed by atoms with Gasteiger partial charge in [0.05, 0.1) is 18.8 Å². The summed E-state index contributed by atoms with van der Waals surface area (Å²) in [6.07, 6.45) is 6.54. The zero-order valence-corrected chi connectivity index (χ0v) is 11.9. The molecule has 0 amide bonds. The van der Waals surface area contributed by atoms with Gasteiger partial charge in [-0.25, -0.2) is 0 Å². The van der Waals surface area contributed by atoms with Gasteiger partial charge >= 0.3 is 0 Å². The van der Waals surface area contributed by atoms with E-state index in [0.717, 1.165) is 39.1 Å². The van der Waals surface area contributed by atoms with Gasteiger partial charge in [0.15, 0.2) is 0 Å². The molecule has 1 saturated heterocycles. The smallest absolute Gasteiger partial charge is 0.0700 e. The Morgan fingerprint density at radius 2 is 2.33 bits per heavy atom. The maximum absolute atomic E-state index is 6.13. The van der Waals surface area contributed by atoms with Gasteiger partial charge in [0.25, 0.3) is 0 Å². The molecule has 4 heteroatoms. The van der Waals surface area contributed by atoms with Crippen LogP contribution in [0.2, 0.25) is 0 Å². The minimum absolute atomic E-state index is 0.149. The number of nitrogens with zero attached hydrogens (tertiary/aromatic N) is 1. The molecule has 4 nitrogen and oxygen atoms in total. The molecule has 1 saturated carbocycles. The Balaban J connectivity index is 2.05. The van der Waals surface area contributed by atoms with Gasteiger partial charge in [-0.2, -0.15) is 0 Å². The molecule has 2 rings (SSSR count). The van der Waals surface area contributed by atoms with Gasteiger partial charge in [0.1, 0.15) is 0 Å². The van der Waals surface area contributed by atoms with E-state index < -0.39 is 0 Å². The third kappa shape index (κ3) is 2.87. The summed E-state index contributed by atoms with van der Waals surface area (Å²) < 4.78 is 11.4. The molecule has 0 radical (unpaired) electrons. The highest BCUT2D eigenvalue weighted by atomic mass is 16.5. The molecule has 3 unspecified atom stereocenters. The molecule has 2 fully saturated rings. The van der Waals surface area contributed by atoms with Crippen LogP contribution in [0.1, 0.15) is 39.0 Å². The summed E-state index contributed by atoms with van der Waals surface area (Å²) in [7, 11) is 1.82. The van der Waals surface area contributed by atoms with Crippen molar-refractivity contribution in [1.29, 1.82) is 0 Å². The first-order chi connectivity index (χ1) is 8.74. The van der Waals surface area contributed by atoms with Crippen LogP contribution >= 0.6 is 0 Å². The van der Waals surface area contributed by atoms with Crippen LogP contribution < -0.4 is 5.73 Å². The van der Waals surface area contributed by atoms with E-state index in [0.29, 0.717) is 12.2 Å². The van der Waals surface area contributed by atoms with Crippen LogP contribution in [0.25, 0.3) is 0 Å². The number of nitrogens with two attached hydrogens (primary N) is 1. The van der Waals surface area contributed by atoms with Crippen LogP contribution in [0, 0.1) is 0 Å². The second-order valence-corrected chi connectivity index (χ2v) is 5.73. The lowest BCUT2D eigenvalue weighted by atomic mass is 9.78. The minimum atomic E-state index is 0.149. The maximum Gasteiger partial charge on any atom is 0.0700 e. The second kappa shape index (κ2) is 6.33. The average molecular weight is 256 g/mol. The van der Waals surface area contributed by atoms with E-state index in [1.165, 1.54) is 19.3 Å². The van der Waals surface area contributed by atoms with E-state index in [1.54, 1.807) is 0 Å². The van der Waals surface area contributed by atoms with Crippen molar-refractivity contribution in [2.45, 2.75) is 56.8 Å². The van der Waals surface area contributed by atoms with Crippen LogP contribution in [0.3, 0.4) is 0 Å². The van der Waals surface area contributed by atoms with E-state index in [-0.39, 0.29) is 5.54 Å². The van der Waals surface area contributed by atoms with Crippen LogP contribution in [0.5, 0.6) is 0 Å². The Morgan fingerprint density at radius 1 is 1.50 bits per heavy atom. The molecule has 0 spiro atoms. The molecule has 18 heavy (non-hydrogen) atoms. The van der Waals surface area contributed by atoms with Crippen molar-refractivity contribution < 1.29 is 9.47 Å². The summed E-state index contributed by atoms with van der Waals surface area (Å²) in [6.45, 7) is 5.83. The van der Waals surface area contributed by atoms with E-state index in [9.17, 15) is 0 Å². The predicted molar refractivity (Wildman–Crippen MR) is 72.7 cm³/mol. The van der Waals surface area contributed by atoms with Gasteiger partial charge in [-0.15, -0.1) is 0 Å². The Hall–Kier alpha value is -0.160. The van der Waals surface area contributed by atoms with E-state index >= 15 is 0 Å². The zero-order valence-electron chi connectivity index (χ0n) is 11.9. The van der Waals surface area contributed by atoms with Gasteiger partial charge in [-0.05, 0) is 32.1 Å². The molecule has 0 aromatic heterocycles. The number of ether oxygens (including phenoxy) is 2. The topological polar surface area (TPSA) is 47.7 Å². The highest BCUT2D eigenvalue weighted by Crippen LogP contribution is 2.35. The largest absolute Gasteiger partial charge is 0.381 e. The summed E-state index contributed by atoms with van der Waals surface area (Å²) >= 11 is 0. The molecular formula is C14H28N2O2. The van der Waals surface area contributed by atoms with Crippen molar-refractivity contribution in [3.63, 3.8) is 0 Å². The predicted octanol–water partition coefficient (Wildman–Crippen LogP) is 1.38. The Kier molecular flexibility index (Phi) is 5.01. The van der Waals surface area contributed by atoms with E-state index in [4.69, 9.17) is 15.2 Å². The number of rotatable bonds is 4. The van der Waals surface area contributed by atoms with Gasteiger partial charge in [0.2, 0.25) is 0 Å². The standard InChI is InChI=1S/C14H28N2O2/c1-3-12-10-16(7-8-18-12)14(11-15)6-4-5-13(9-14)17-2/h12-13H,3-11,15H2,1-2H3. The highest BCUT2D eigenvalue weighted by molar-refractivity contribution is 4.98. The Bertz CT molecular complexity index is 262. The number of morpholine rings is 1. The molecular weight excluding hydrogens is 228 g/mol. The zero-order chi connectivity index (χ0) is 13.0. The molecule has 1 aliphatic carbocycles. The monoisotopic (exact) mass is 256 g/mol. The average Bonchev–Trinajstić information content (AvgIpc) is 2.47. The van der Waals surface area contributed by atoms with Crippen molar-refractivity contribution in [3.05, 3.63) is 0 Å². The van der Waals surface area contributed by atoms with Crippen molar-refractivity contribution in [1.82, 2.24) is 4.90 Å². The first-order valence-corrected chi connectivity index (χ1v) is 7.33. The lowest BCUT2D eigenvalue weighted by Crippen LogP contribution is -2.61. The fourth-order valence-electron chi connectivity index (χ4n) is 3.49. The van der Waals surface area contributed by atoms with Crippen LogP contribution in [0.15, 0.2) is 0 Å². The number of hydrogen-bond donors (Lipinski definition) is 1. The van der Waals surface area contributed by atoms with Crippen LogP contribution in [-0.4, -0.2) is 56.0 Å². The summed E-state index contributed by atoms with van der Waals surface area (Å²) in [4.78, 5) is 2.58. The fraction of sp³-hybridized carbons (Fsp3) is 1.00. The lowest BCUT2D eigenvalue weighted by molar-refractivity contribution is -0.0948. The number of methoxy groups -OCH3 is 1. The molecule has 0 bridgehead atoms. The fourth-order valence-corrected chi connectivity index (χ4v) is 3.49. The van der Waals surface area contributed by atoms with E-state index in [1.807, 2.05) is 7.11 Å². The first-order valence-electron chi connectivity index (χ1n) is 7.33. The minimum Gasteiger partial charge on any atom is -0.381 e. The van der Waals surface area contributed by atoms with Crippen molar-refractivity contribution in [2.24, 2.45) is 5.73 Å². The maximum atomic E-state index is 6.13. The molecule has 0 aromatic carbocycles. The third-order valence-corrected chi connectivity index (χ3v) is 4.75. The lowest BCUT2D eigenvalue weighted by Gasteiger charge is -2.50. The number of hydrogen-bond acceptors (Lipinski definition) is 4. The summed E-state index contributed by atoms with van der Waals surface area (Å²) in [6, 6.07) is 0. The molecule has 2 N–H and O–H groups in total. The van der Waals surface area contributed by atoms with Crippen molar-refractivity contribution in [2.75, 3.05) is 33.4 Å². The third-order valence-electron chi connectivity index (χ3n) is 4.75. The molecule has 0 aromatic rings. The highest BCUT2D eigenvalue weighted by Gasteiger charge is 2.42. The Morgan fingerprint density at radius 3 is 3.00 bits per heavy atom. The first kappa shape index (κ1) is 14.3. The van der Waals surface area contributed by atoms with Gasteiger partial charge < -0.3 is 15.2 Å². The quantitative estimate of drug-likeness (QED) is 0.825. The summed E-state index contributed by atoms with van der Waals surface area (Å²) in [5.74, 6) is 0. The van der Waals surface area contributed by atoms with E-state index in [2.05, 4.69) is 11.8 Å². The Labute approximate surface area is 111 Å². The molecule has 3 atom stereocenters. The van der Waals surface area contributed by atoms with Gasteiger partial charge in [-0.3, -0.25) is 4.90 Å². The van der Waals surface area contributed by atoms with Crippen LogP contribution in [-0.2, 0) is 9.47 Å². The summed E-state index contributed by atoms with van der Waals surface area (Å²) in [5.41, 5.74) is 6.28.